The van der Waals surface area contributed by atoms with Gasteiger partial charge in [-0.25, -0.2) is 9.59 Å². The summed E-state index contributed by atoms with van der Waals surface area (Å²) in [7, 11) is 1.26. The summed E-state index contributed by atoms with van der Waals surface area (Å²) in [5, 5.41) is 7.91. The van der Waals surface area contributed by atoms with Crippen molar-refractivity contribution in [2.45, 2.75) is 98.4 Å². The Morgan fingerprint density at radius 1 is 0.806 bits per heavy atom. The molecule has 0 heterocycles. The Kier molecular flexibility index (Phi) is 11.0. The molecular formula is C22H41N3O6. The predicted octanol–water partition coefficient (Wildman–Crippen LogP) is 2.52. The third-order valence-electron chi connectivity index (χ3n) is 4.22. The highest BCUT2D eigenvalue weighted by molar-refractivity contribution is 5.95. The zero-order valence-corrected chi connectivity index (χ0v) is 20.7. The van der Waals surface area contributed by atoms with Gasteiger partial charge in [0.05, 0.1) is 7.11 Å². The Labute approximate surface area is 186 Å². The van der Waals surface area contributed by atoms with E-state index >= 15 is 0 Å². The summed E-state index contributed by atoms with van der Waals surface area (Å²) in [5.41, 5.74) is -2.04. The molecule has 0 aromatic rings. The highest BCUT2D eigenvalue weighted by Crippen LogP contribution is 2.13. The largest absolute Gasteiger partial charge is 0.467 e. The molecule has 0 aliphatic heterocycles. The number of carbonyl (C=O) groups excluding carboxylic acids is 4. The summed E-state index contributed by atoms with van der Waals surface area (Å²) in [4.78, 5) is 49.9. The van der Waals surface area contributed by atoms with Crippen molar-refractivity contribution in [2.24, 2.45) is 11.8 Å². The zero-order chi connectivity index (χ0) is 24.6. The maximum atomic E-state index is 12.9. The van der Waals surface area contributed by atoms with E-state index in [1.807, 2.05) is 27.7 Å². The van der Waals surface area contributed by atoms with Gasteiger partial charge in [-0.3, -0.25) is 9.59 Å². The fraction of sp³-hybridized carbons (Fsp3) is 0.818. The van der Waals surface area contributed by atoms with Gasteiger partial charge < -0.3 is 25.4 Å². The van der Waals surface area contributed by atoms with Gasteiger partial charge >= 0.3 is 12.1 Å². The number of ether oxygens (including phenoxy) is 2. The summed E-state index contributed by atoms with van der Waals surface area (Å²) < 4.78 is 10.0. The van der Waals surface area contributed by atoms with Crippen LogP contribution in [0.4, 0.5) is 4.79 Å². The van der Waals surface area contributed by atoms with Crippen LogP contribution < -0.4 is 16.0 Å². The normalized spacial score (nSPS) is 13.9. The smallest absolute Gasteiger partial charge is 0.408 e. The number of hydrogen-bond acceptors (Lipinski definition) is 6. The molecule has 0 aliphatic carbocycles. The van der Waals surface area contributed by atoms with Crippen LogP contribution in [0, 0.1) is 11.8 Å². The number of nitrogens with one attached hydrogen (secondary N) is 3. The second kappa shape index (κ2) is 11.9. The lowest BCUT2D eigenvalue weighted by Crippen LogP contribution is -2.61. The van der Waals surface area contributed by atoms with E-state index in [1.54, 1.807) is 20.8 Å². The van der Waals surface area contributed by atoms with E-state index in [2.05, 4.69) is 16.0 Å². The Balaban J connectivity index is 5.32. The fourth-order valence-corrected chi connectivity index (χ4v) is 2.77. The maximum Gasteiger partial charge on any atom is 0.408 e. The van der Waals surface area contributed by atoms with Crippen LogP contribution in [-0.4, -0.2) is 54.2 Å². The quantitative estimate of drug-likeness (QED) is 0.446. The maximum absolute atomic E-state index is 12.9. The summed E-state index contributed by atoms with van der Waals surface area (Å²) in [5.74, 6) is -1.34. The fourth-order valence-electron chi connectivity index (χ4n) is 2.77. The van der Waals surface area contributed by atoms with Gasteiger partial charge in [-0.2, -0.15) is 0 Å². The molecule has 3 N–H and O–H groups in total. The number of rotatable bonds is 10. The van der Waals surface area contributed by atoms with Gasteiger partial charge in [-0.15, -0.1) is 0 Å². The molecule has 9 heteroatoms. The van der Waals surface area contributed by atoms with E-state index in [0.717, 1.165) is 0 Å². The van der Waals surface area contributed by atoms with Crippen molar-refractivity contribution in [1.82, 2.24) is 16.0 Å². The average molecular weight is 444 g/mol. The summed E-state index contributed by atoms with van der Waals surface area (Å²) in [6, 6.07) is -1.70. The Morgan fingerprint density at radius 2 is 1.29 bits per heavy atom. The molecule has 0 fully saturated rings. The minimum atomic E-state index is -1.33. The van der Waals surface area contributed by atoms with E-state index in [1.165, 1.54) is 21.0 Å². The van der Waals surface area contributed by atoms with Crippen LogP contribution in [0.2, 0.25) is 0 Å². The van der Waals surface area contributed by atoms with Crippen LogP contribution in [0.15, 0.2) is 0 Å². The first kappa shape index (κ1) is 28.7. The van der Waals surface area contributed by atoms with Gasteiger partial charge in [-0.1, -0.05) is 27.7 Å². The summed E-state index contributed by atoms with van der Waals surface area (Å²) in [6.07, 6.45) is 0.0535. The summed E-state index contributed by atoms with van der Waals surface area (Å²) >= 11 is 0. The zero-order valence-electron chi connectivity index (χ0n) is 20.7. The molecule has 0 saturated heterocycles. The van der Waals surface area contributed by atoms with Gasteiger partial charge in [0.25, 0.3) is 0 Å². The average Bonchev–Trinajstić information content (AvgIpc) is 2.56. The second-order valence-electron chi connectivity index (χ2n) is 10.1. The SMILES string of the molecule is COC(=O)[C@H](CC(C)C)NC(=O)C(C)(C)NC(=O)[C@H](CC(C)C)NC(=O)OC(C)(C)C. The first-order valence-electron chi connectivity index (χ1n) is 10.7. The van der Waals surface area contributed by atoms with Crippen molar-refractivity contribution in [2.75, 3.05) is 7.11 Å². The third kappa shape index (κ3) is 11.6. The molecule has 2 atom stereocenters. The van der Waals surface area contributed by atoms with E-state index in [4.69, 9.17) is 9.47 Å². The predicted molar refractivity (Wildman–Crippen MR) is 118 cm³/mol. The van der Waals surface area contributed by atoms with Crippen molar-refractivity contribution < 1.29 is 28.7 Å². The minimum Gasteiger partial charge on any atom is -0.467 e. The number of methoxy groups -OCH3 is 1. The monoisotopic (exact) mass is 443 g/mol. The van der Waals surface area contributed by atoms with Gasteiger partial charge in [0.15, 0.2) is 0 Å². The Morgan fingerprint density at radius 3 is 1.71 bits per heavy atom. The van der Waals surface area contributed by atoms with E-state index in [0.29, 0.717) is 12.8 Å². The molecule has 0 radical (unpaired) electrons. The standard InChI is InChI=1S/C22H41N3O6/c1-13(2)11-15(24-20(29)31-21(5,6)7)17(26)25-22(8,9)19(28)23-16(12-14(3)4)18(27)30-10/h13-16H,11-12H2,1-10H3,(H,23,28)(H,24,29)(H,25,26)/t15-,16-/m0/s1. The van der Waals surface area contributed by atoms with Crippen LogP contribution >= 0.6 is 0 Å². The molecule has 9 nitrogen and oxygen atoms in total. The molecule has 0 bridgehead atoms. The van der Waals surface area contributed by atoms with Crippen LogP contribution in [-0.2, 0) is 23.9 Å². The number of carbonyl (C=O) groups is 4. The van der Waals surface area contributed by atoms with Gasteiger partial charge in [-0.05, 0) is 59.3 Å². The third-order valence-corrected chi connectivity index (χ3v) is 4.22. The van der Waals surface area contributed by atoms with Crippen molar-refractivity contribution in [1.29, 1.82) is 0 Å². The first-order valence-corrected chi connectivity index (χ1v) is 10.7. The molecule has 180 valence electrons. The van der Waals surface area contributed by atoms with Crippen molar-refractivity contribution in [3.05, 3.63) is 0 Å². The number of hydrogen-bond donors (Lipinski definition) is 3. The van der Waals surface area contributed by atoms with Crippen molar-refractivity contribution in [3.63, 3.8) is 0 Å². The molecular weight excluding hydrogens is 402 g/mol. The van der Waals surface area contributed by atoms with Crippen LogP contribution in [0.3, 0.4) is 0 Å². The second-order valence-corrected chi connectivity index (χ2v) is 10.1. The van der Waals surface area contributed by atoms with Crippen LogP contribution in [0.5, 0.6) is 0 Å². The highest BCUT2D eigenvalue weighted by atomic mass is 16.6. The van der Waals surface area contributed by atoms with Crippen LogP contribution in [0.1, 0.15) is 75.2 Å². The van der Waals surface area contributed by atoms with E-state index in [-0.39, 0.29) is 11.8 Å². The Bertz CT molecular complexity index is 638. The molecule has 0 spiro atoms. The van der Waals surface area contributed by atoms with Gasteiger partial charge in [0.2, 0.25) is 11.8 Å². The lowest BCUT2D eigenvalue weighted by molar-refractivity contribution is -0.146. The van der Waals surface area contributed by atoms with Crippen LogP contribution in [0.25, 0.3) is 0 Å². The molecule has 0 aromatic heterocycles. The molecule has 3 amide bonds. The molecule has 0 aliphatic rings. The van der Waals surface area contributed by atoms with Crippen molar-refractivity contribution >= 4 is 23.9 Å². The minimum absolute atomic E-state index is 0.109. The molecule has 0 saturated carbocycles. The highest BCUT2D eigenvalue weighted by Gasteiger charge is 2.36. The lowest BCUT2D eigenvalue weighted by atomic mass is 9.98. The number of esters is 1. The molecule has 31 heavy (non-hydrogen) atoms. The number of amides is 3. The first-order chi connectivity index (χ1) is 14.0. The molecule has 0 rings (SSSR count). The van der Waals surface area contributed by atoms with Gasteiger partial charge in [0.1, 0.15) is 23.2 Å². The lowest BCUT2D eigenvalue weighted by Gasteiger charge is -2.30. The van der Waals surface area contributed by atoms with E-state index < -0.39 is 47.1 Å². The van der Waals surface area contributed by atoms with Gasteiger partial charge in [0, 0.05) is 0 Å². The molecule has 0 unspecified atom stereocenters. The topological polar surface area (TPSA) is 123 Å². The van der Waals surface area contributed by atoms with E-state index in [9.17, 15) is 19.2 Å². The molecule has 0 aromatic carbocycles. The Hall–Kier alpha value is -2.32. The summed E-state index contributed by atoms with van der Waals surface area (Å²) in [6.45, 7) is 15.9. The number of alkyl carbamates (subject to hydrolysis) is 1. The van der Waals surface area contributed by atoms with Crippen molar-refractivity contribution in [3.8, 4) is 0 Å².